The summed E-state index contributed by atoms with van der Waals surface area (Å²) in [5.41, 5.74) is 0. The molecule has 40 heavy (non-hydrogen) atoms. The van der Waals surface area contributed by atoms with Crippen LogP contribution in [0.5, 0.6) is 0 Å². The van der Waals surface area contributed by atoms with Crippen molar-refractivity contribution in [3.05, 3.63) is 0 Å². The molecule has 0 unspecified atom stereocenters. The minimum atomic E-state index is -3.89. The van der Waals surface area contributed by atoms with Gasteiger partial charge in [0.15, 0.2) is 0 Å². The van der Waals surface area contributed by atoms with E-state index in [1.807, 2.05) is 0 Å². The van der Waals surface area contributed by atoms with Crippen LogP contribution in [0.15, 0.2) is 0 Å². The quantitative estimate of drug-likeness (QED) is 0.0699. The molecule has 0 radical (unpaired) electrons. The van der Waals surface area contributed by atoms with Crippen molar-refractivity contribution in [2.75, 3.05) is 31.9 Å². The van der Waals surface area contributed by atoms with E-state index < -0.39 is 10.1 Å². The molecule has 0 bridgehead atoms. The standard InChI is InChI=1S/C16H34.C10H21FO3S.C8H20N/c1-3-5-7-9-11-13-15-16-14-12-10-8-6-4-2;1-2-3-4-5-6-7-8-9-10-15(12,13)14-11;1-5-9(6-2,7-3)8-4/h3-16H2,1-2H3;2-10H2,1H3;5-8H2,1-4H3/q;;+1. The van der Waals surface area contributed by atoms with E-state index in [1.54, 1.807) is 0 Å². The second-order valence-electron chi connectivity index (χ2n) is 11.6. The lowest BCUT2D eigenvalue weighted by atomic mass is 10.0. The van der Waals surface area contributed by atoms with E-state index in [0.29, 0.717) is 6.42 Å². The second kappa shape index (κ2) is 35.0. The topological polar surface area (TPSA) is 43.4 Å². The molecule has 4 nitrogen and oxygen atoms in total. The number of unbranched alkanes of at least 4 members (excludes halogenated alkanes) is 20. The van der Waals surface area contributed by atoms with E-state index in [0.717, 1.165) is 19.3 Å². The molecule has 0 fully saturated rings. The van der Waals surface area contributed by atoms with Crippen molar-refractivity contribution in [2.24, 2.45) is 0 Å². The molecule has 6 heteroatoms. The monoisotopic (exact) mass is 597 g/mol. The smallest absolute Gasteiger partial charge is 0.297 e. The molecule has 0 spiro atoms. The Balaban J connectivity index is -0.000000534. The summed E-state index contributed by atoms with van der Waals surface area (Å²) in [6.45, 7) is 21.0. The Kier molecular flexibility index (Phi) is 38.7. The third-order valence-corrected chi connectivity index (χ3v) is 9.46. The fourth-order valence-electron chi connectivity index (χ4n) is 5.05. The molecule has 0 rings (SSSR count). The zero-order chi connectivity index (χ0) is 30.8. The van der Waals surface area contributed by atoms with Crippen molar-refractivity contribution in [1.29, 1.82) is 0 Å². The van der Waals surface area contributed by atoms with Gasteiger partial charge in [-0.2, -0.15) is 8.42 Å². The zero-order valence-electron chi connectivity index (χ0n) is 28.6. The van der Waals surface area contributed by atoms with Gasteiger partial charge in [0.2, 0.25) is 0 Å². The van der Waals surface area contributed by atoms with Gasteiger partial charge in [0.25, 0.3) is 10.1 Å². The first-order valence-corrected chi connectivity index (χ1v) is 19.2. The predicted octanol–water partition coefficient (Wildman–Crippen LogP) is 11.7. The summed E-state index contributed by atoms with van der Waals surface area (Å²) in [7, 11) is -3.89. The van der Waals surface area contributed by atoms with Crippen molar-refractivity contribution < 1.29 is 21.8 Å². The molecular weight excluding hydrogens is 521 g/mol. The molecule has 0 atom stereocenters. The summed E-state index contributed by atoms with van der Waals surface area (Å²) in [5, 5.41) is 0. The number of nitrogens with zero attached hydrogens (tertiary/aromatic N) is 1. The Morgan fingerprint density at radius 2 is 0.650 bits per heavy atom. The lowest BCUT2D eigenvalue weighted by Crippen LogP contribution is -2.47. The minimum absolute atomic E-state index is 0.210. The molecule has 0 aliphatic carbocycles. The van der Waals surface area contributed by atoms with Crippen LogP contribution in [0.4, 0.5) is 4.53 Å². The summed E-state index contributed by atoms with van der Waals surface area (Å²) in [6, 6.07) is 0. The first-order chi connectivity index (χ1) is 19.3. The van der Waals surface area contributed by atoms with Crippen LogP contribution in [-0.2, 0) is 14.5 Å². The third kappa shape index (κ3) is 34.0. The van der Waals surface area contributed by atoms with Crippen molar-refractivity contribution >= 4 is 10.1 Å². The van der Waals surface area contributed by atoms with Crippen molar-refractivity contribution in [1.82, 2.24) is 0 Å². The van der Waals surface area contributed by atoms with Gasteiger partial charge in [0.05, 0.1) is 31.9 Å². The Bertz CT molecular complexity index is 522. The number of halogens is 1. The lowest BCUT2D eigenvalue weighted by molar-refractivity contribution is -0.921. The molecule has 0 aromatic rings. The average molecular weight is 597 g/mol. The van der Waals surface area contributed by atoms with Crippen LogP contribution in [0.1, 0.15) is 190 Å². The Hall–Kier alpha value is -0.200. The minimum Gasteiger partial charge on any atom is -0.325 e. The number of hydrogen-bond acceptors (Lipinski definition) is 3. The normalized spacial score (nSPS) is 11.5. The summed E-state index contributed by atoms with van der Waals surface area (Å²) >= 11 is 0. The summed E-state index contributed by atoms with van der Waals surface area (Å²) < 4.78 is 36.7. The highest BCUT2D eigenvalue weighted by molar-refractivity contribution is 7.86. The van der Waals surface area contributed by atoms with Gasteiger partial charge in [-0.1, -0.05) is 160 Å². The van der Waals surface area contributed by atoms with Gasteiger partial charge in [0, 0.05) is 0 Å². The van der Waals surface area contributed by atoms with Gasteiger partial charge in [0.1, 0.15) is 0 Å². The first-order valence-electron chi connectivity index (χ1n) is 17.7. The predicted molar refractivity (Wildman–Crippen MR) is 177 cm³/mol. The summed E-state index contributed by atoms with van der Waals surface area (Å²) in [4.78, 5) is 0. The highest BCUT2D eigenvalue weighted by atomic mass is 32.2. The van der Waals surface area contributed by atoms with Gasteiger partial charge in [-0.3, -0.25) is 0 Å². The van der Waals surface area contributed by atoms with E-state index in [2.05, 4.69) is 52.9 Å². The average Bonchev–Trinajstić information content (AvgIpc) is 2.97. The molecular formula is C34H75FNO3S+. The zero-order valence-corrected chi connectivity index (χ0v) is 29.4. The molecule has 246 valence electrons. The molecule has 0 aromatic carbocycles. The van der Waals surface area contributed by atoms with Crippen LogP contribution in [0.25, 0.3) is 0 Å². The summed E-state index contributed by atoms with van der Waals surface area (Å²) in [6.07, 6.45) is 28.8. The third-order valence-electron chi connectivity index (χ3n) is 8.48. The highest BCUT2D eigenvalue weighted by Gasteiger charge is 2.16. The van der Waals surface area contributed by atoms with E-state index in [4.69, 9.17) is 0 Å². The Morgan fingerprint density at radius 1 is 0.425 bits per heavy atom. The maximum Gasteiger partial charge on any atom is 0.297 e. The van der Waals surface area contributed by atoms with Crippen LogP contribution in [0.2, 0.25) is 0 Å². The maximum atomic E-state index is 11.4. The Morgan fingerprint density at radius 3 is 0.825 bits per heavy atom. The van der Waals surface area contributed by atoms with Gasteiger partial charge < -0.3 is 4.48 Å². The maximum absolute atomic E-state index is 11.4. The van der Waals surface area contributed by atoms with Crippen molar-refractivity contribution in [3.63, 3.8) is 0 Å². The molecule has 0 saturated heterocycles. The highest BCUT2D eigenvalue weighted by Crippen LogP contribution is 2.13. The Labute approximate surface area is 253 Å². The van der Waals surface area contributed by atoms with Gasteiger partial charge in [-0.15, -0.1) is 0 Å². The van der Waals surface area contributed by atoms with Crippen LogP contribution in [0.3, 0.4) is 0 Å². The molecule has 0 amide bonds. The van der Waals surface area contributed by atoms with Crippen molar-refractivity contribution in [3.8, 4) is 0 Å². The molecule has 0 N–H and O–H groups in total. The van der Waals surface area contributed by atoms with Crippen LogP contribution in [-0.4, -0.2) is 44.8 Å². The fraction of sp³-hybridized carbons (Fsp3) is 1.00. The first kappa shape index (κ1) is 44.2. The number of rotatable bonds is 27. The fourth-order valence-corrected chi connectivity index (χ4v) is 5.67. The van der Waals surface area contributed by atoms with Gasteiger partial charge in [-0.25, -0.2) is 0 Å². The molecule has 0 heterocycles. The largest absolute Gasteiger partial charge is 0.325 e. The second-order valence-corrected chi connectivity index (χ2v) is 13.3. The van der Waals surface area contributed by atoms with E-state index in [1.165, 1.54) is 146 Å². The van der Waals surface area contributed by atoms with Crippen LogP contribution < -0.4 is 0 Å². The number of quaternary nitrogens is 1. The van der Waals surface area contributed by atoms with E-state index in [-0.39, 0.29) is 5.75 Å². The molecule has 0 aliphatic heterocycles. The molecule has 0 aliphatic rings. The SMILES string of the molecule is CCCCCCCCCCCCCCCC.CCCCCCCCCCS(=O)(=O)OF.CC[N+](CC)(CC)CC. The van der Waals surface area contributed by atoms with E-state index >= 15 is 0 Å². The van der Waals surface area contributed by atoms with Crippen molar-refractivity contribution in [2.45, 2.75) is 190 Å². The van der Waals surface area contributed by atoms with E-state index in [9.17, 15) is 12.9 Å². The molecule has 0 saturated carbocycles. The lowest BCUT2D eigenvalue weighted by Gasteiger charge is -2.34. The molecule has 0 aromatic heterocycles. The van der Waals surface area contributed by atoms with Gasteiger partial charge in [-0.05, 0) is 38.6 Å². The van der Waals surface area contributed by atoms with Crippen LogP contribution in [0, 0.1) is 0 Å². The number of hydrogen-bond donors (Lipinski definition) is 0. The van der Waals surface area contributed by atoms with Gasteiger partial charge >= 0.3 is 0 Å². The van der Waals surface area contributed by atoms with Crippen LogP contribution >= 0.6 is 0 Å². The summed E-state index contributed by atoms with van der Waals surface area (Å²) in [5.74, 6) is -0.210.